The Hall–Kier alpha value is -3.23. The van der Waals surface area contributed by atoms with Gasteiger partial charge in [0.15, 0.2) is 0 Å². The number of carbonyl (C=O) groups is 1. The van der Waals surface area contributed by atoms with Crippen LogP contribution in [0, 0.1) is 0 Å². The molecule has 0 atom stereocenters. The number of nitrogens with zero attached hydrogens (tertiary/aromatic N) is 5. The second-order valence-electron chi connectivity index (χ2n) is 6.92. The minimum Gasteiger partial charge on any atom is -0.383 e. The van der Waals surface area contributed by atoms with E-state index in [9.17, 15) is 4.79 Å². The number of benzene rings is 2. The summed E-state index contributed by atoms with van der Waals surface area (Å²) in [5, 5.41) is 11.3. The van der Waals surface area contributed by atoms with Crippen molar-refractivity contribution >= 4 is 40.3 Å². The molecule has 0 bridgehead atoms. The van der Waals surface area contributed by atoms with Crippen LogP contribution >= 0.6 is 11.6 Å². The number of halogens is 1. The Morgan fingerprint density at radius 1 is 1.30 bits per heavy atom. The van der Waals surface area contributed by atoms with E-state index in [4.69, 9.17) is 21.3 Å². The van der Waals surface area contributed by atoms with E-state index >= 15 is 0 Å². The first-order chi connectivity index (χ1) is 14.5. The first kappa shape index (κ1) is 20.1. The minimum atomic E-state index is -0.143. The number of aromatic nitrogens is 3. The molecule has 3 aromatic rings. The number of methoxy groups -OCH3 is 1. The zero-order chi connectivity index (χ0) is 21.1. The number of aliphatic imine (C=N–C) groups is 1. The van der Waals surface area contributed by atoms with Gasteiger partial charge in [0.05, 0.1) is 58.9 Å². The van der Waals surface area contributed by atoms with Crippen molar-refractivity contribution in [1.82, 2.24) is 15.0 Å². The molecule has 2 heterocycles. The average Bonchev–Trinajstić information content (AvgIpc) is 3.22. The molecule has 30 heavy (non-hydrogen) atoms. The molecule has 1 aliphatic heterocycles. The molecular formula is C21H21ClN6O2. The number of nitrogens with one attached hydrogen (secondary N) is 1. The van der Waals surface area contributed by atoms with Crippen LogP contribution in [-0.4, -0.2) is 53.9 Å². The lowest BCUT2D eigenvalue weighted by atomic mass is 10.1. The van der Waals surface area contributed by atoms with Gasteiger partial charge in [-0.15, -0.1) is 5.10 Å². The number of anilines is 2. The maximum atomic E-state index is 12.5. The van der Waals surface area contributed by atoms with Gasteiger partial charge in [0.25, 0.3) is 0 Å². The highest BCUT2D eigenvalue weighted by Gasteiger charge is 2.20. The highest BCUT2D eigenvalue weighted by Crippen LogP contribution is 2.38. The molecule has 9 heteroatoms. The lowest BCUT2D eigenvalue weighted by Crippen LogP contribution is -2.22. The van der Waals surface area contributed by atoms with Gasteiger partial charge >= 0.3 is 0 Å². The van der Waals surface area contributed by atoms with Crippen molar-refractivity contribution in [2.75, 3.05) is 37.5 Å². The summed E-state index contributed by atoms with van der Waals surface area (Å²) in [6, 6.07) is 11.3. The topological polar surface area (TPSA) is 84.6 Å². The molecule has 1 aromatic heterocycles. The number of hydrogen-bond acceptors (Lipinski definition) is 6. The van der Waals surface area contributed by atoms with Crippen LogP contribution < -0.4 is 10.2 Å². The summed E-state index contributed by atoms with van der Waals surface area (Å²) >= 11 is 6.47. The summed E-state index contributed by atoms with van der Waals surface area (Å²) in [6.45, 7) is 1.25. The lowest BCUT2D eigenvalue weighted by Gasteiger charge is -2.21. The first-order valence-corrected chi connectivity index (χ1v) is 9.81. The van der Waals surface area contributed by atoms with Gasteiger partial charge in [-0.1, -0.05) is 28.9 Å². The molecule has 1 N–H and O–H groups in total. The van der Waals surface area contributed by atoms with E-state index < -0.39 is 0 Å². The third-order valence-corrected chi connectivity index (χ3v) is 5.13. The van der Waals surface area contributed by atoms with Crippen molar-refractivity contribution in [2.45, 2.75) is 6.42 Å². The Balaban J connectivity index is 1.75. The third kappa shape index (κ3) is 4.19. The van der Waals surface area contributed by atoms with Gasteiger partial charge in [0.1, 0.15) is 0 Å². The largest absolute Gasteiger partial charge is 0.383 e. The van der Waals surface area contributed by atoms with Gasteiger partial charge in [-0.25, -0.2) is 4.68 Å². The second-order valence-corrected chi connectivity index (χ2v) is 7.32. The number of carbonyl (C=O) groups excluding carboxylic acids is 1. The number of likely N-dealkylation sites (N-methyl/N-ethyl adjacent to an activating group) is 1. The fraction of sp³-hybridized carbons (Fsp3) is 0.238. The minimum absolute atomic E-state index is 0.143. The van der Waals surface area contributed by atoms with E-state index in [0.717, 1.165) is 16.9 Å². The quantitative estimate of drug-likeness (QED) is 0.655. The summed E-state index contributed by atoms with van der Waals surface area (Å²) < 4.78 is 6.82. The molecule has 0 fully saturated rings. The van der Waals surface area contributed by atoms with Crippen molar-refractivity contribution in [3.63, 3.8) is 0 Å². The van der Waals surface area contributed by atoms with E-state index in [1.54, 1.807) is 30.3 Å². The molecule has 2 aromatic carbocycles. The molecule has 0 spiro atoms. The molecule has 0 unspecified atom stereocenters. The van der Waals surface area contributed by atoms with Crippen LogP contribution in [-0.2, 0) is 9.53 Å². The zero-order valence-electron chi connectivity index (χ0n) is 16.7. The predicted octanol–water partition coefficient (Wildman–Crippen LogP) is 3.47. The summed E-state index contributed by atoms with van der Waals surface area (Å²) in [5.74, 6) is -0.143. The van der Waals surface area contributed by atoms with Crippen LogP contribution in [0.4, 0.5) is 17.1 Å². The first-order valence-electron chi connectivity index (χ1n) is 9.43. The van der Waals surface area contributed by atoms with Gasteiger partial charge in [-0.3, -0.25) is 9.79 Å². The van der Waals surface area contributed by atoms with Crippen LogP contribution in [0.1, 0.15) is 12.0 Å². The van der Waals surface area contributed by atoms with Gasteiger partial charge in [-0.05, 0) is 29.8 Å². The summed E-state index contributed by atoms with van der Waals surface area (Å²) in [5.41, 5.74) is 4.43. The van der Waals surface area contributed by atoms with Crippen molar-refractivity contribution in [3.8, 4) is 5.69 Å². The van der Waals surface area contributed by atoms with E-state index in [0.29, 0.717) is 35.3 Å². The molecule has 1 aliphatic rings. The molecule has 0 saturated heterocycles. The number of rotatable bonds is 6. The fourth-order valence-electron chi connectivity index (χ4n) is 3.26. The Kier molecular flexibility index (Phi) is 5.78. The smallest absolute Gasteiger partial charge is 0.230 e. The number of ether oxygens (including phenoxy) is 1. The summed E-state index contributed by atoms with van der Waals surface area (Å²) in [6.07, 6.45) is 3.53. The van der Waals surface area contributed by atoms with Crippen molar-refractivity contribution < 1.29 is 9.53 Å². The van der Waals surface area contributed by atoms with Gasteiger partial charge in [0.2, 0.25) is 5.91 Å². The normalized spacial score (nSPS) is 13.3. The zero-order valence-corrected chi connectivity index (χ0v) is 17.4. The standard InChI is InChI=1S/C21H21ClN6O2/c1-27(8-9-30-2)20-12-19-18(11-16(20)22)25-21(29)13-17(24-19)14-4-3-5-15(10-14)28-7-6-23-26-28/h3-7,10-12H,8-9,13H2,1-2H3,(H,25,29). The molecule has 154 valence electrons. The Morgan fingerprint density at radius 3 is 2.93 bits per heavy atom. The molecule has 0 aliphatic carbocycles. The molecule has 4 rings (SSSR count). The maximum Gasteiger partial charge on any atom is 0.230 e. The Labute approximate surface area is 179 Å². The monoisotopic (exact) mass is 424 g/mol. The highest BCUT2D eigenvalue weighted by atomic mass is 35.5. The highest BCUT2D eigenvalue weighted by molar-refractivity contribution is 6.34. The number of amides is 1. The van der Waals surface area contributed by atoms with Crippen LogP contribution in [0.3, 0.4) is 0 Å². The maximum absolute atomic E-state index is 12.5. The van der Waals surface area contributed by atoms with E-state index in [1.165, 1.54) is 0 Å². The Morgan fingerprint density at radius 2 is 2.17 bits per heavy atom. The van der Waals surface area contributed by atoms with Crippen LogP contribution in [0.25, 0.3) is 5.69 Å². The molecule has 1 amide bonds. The molecule has 0 radical (unpaired) electrons. The molecule has 0 saturated carbocycles. The second kappa shape index (κ2) is 8.64. The SMILES string of the molecule is COCCN(C)c1cc2c(cc1Cl)NC(=O)CC(c1cccc(-n3ccnn3)c1)=N2. The lowest BCUT2D eigenvalue weighted by molar-refractivity contribution is -0.115. The average molecular weight is 425 g/mol. The van der Waals surface area contributed by atoms with Crippen molar-refractivity contribution in [2.24, 2.45) is 4.99 Å². The van der Waals surface area contributed by atoms with Crippen molar-refractivity contribution in [3.05, 3.63) is 59.4 Å². The third-order valence-electron chi connectivity index (χ3n) is 4.83. The predicted molar refractivity (Wildman–Crippen MR) is 117 cm³/mol. The summed E-state index contributed by atoms with van der Waals surface area (Å²) in [7, 11) is 3.60. The van der Waals surface area contributed by atoms with E-state index in [-0.39, 0.29) is 12.3 Å². The van der Waals surface area contributed by atoms with Gasteiger partial charge < -0.3 is 15.0 Å². The Bertz CT molecular complexity index is 1100. The van der Waals surface area contributed by atoms with Crippen LogP contribution in [0.15, 0.2) is 53.8 Å². The van der Waals surface area contributed by atoms with E-state index in [1.807, 2.05) is 42.3 Å². The van der Waals surface area contributed by atoms with Crippen LogP contribution in [0.5, 0.6) is 0 Å². The van der Waals surface area contributed by atoms with E-state index in [2.05, 4.69) is 15.6 Å². The van der Waals surface area contributed by atoms with Crippen LogP contribution in [0.2, 0.25) is 5.02 Å². The molecular weight excluding hydrogens is 404 g/mol. The van der Waals surface area contributed by atoms with Gasteiger partial charge in [-0.2, -0.15) is 0 Å². The summed E-state index contributed by atoms with van der Waals surface area (Å²) in [4.78, 5) is 19.3. The van der Waals surface area contributed by atoms with Gasteiger partial charge in [0, 0.05) is 20.7 Å². The fourth-order valence-corrected chi connectivity index (χ4v) is 3.56. The number of hydrogen-bond donors (Lipinski definition) is 1. The molecule has 8 nitrogen and oxygen atoms in total. The van der Waals surface area contributed by atoms with Crippen molar-refractivity contribution in [1.29, 1.82) is 0 Å². The number of fused-ring (bicyclic) bond motifs is 1.